The highest BCUT2D eigenvalue weighted by molar-refractivity contribution is 5.68. The predicted molar refractivity (Wildman–Crippen MR) is 51.1 cm³/mol. The van der Waals surface area contributed by atoms with E-state index in [9.17, 15) is 4.79 Å². The molecule has 0 heterocycles. The highest BCUT2D eigenvalue weighted by Crippen LogP contribution is 2.14. The van der Waals surface area contributed by atoms with E-state index in [0.29, 0.717) is 6.42 Å². The van der Waals surface area contributed by atoms with E-state index in [1.54, 1.807) is 0 Å². The number of hydrogen-bond acceptors (Lipinski definition) is 3. The lowest BCUT2D eigenvalue weighted by atomic mass is 10.1. The molecule has 0 aliphatic rings. The van der Waals surface area contributed by atoms with Gasteiger partial charge in [-0.05, 0) is 26.7 Å². The first-order valence-corrected chi connectivity index (χ1v) is 4.90. The fourth-order valence-corrected chi connectivity index (χ4v) is 0.581. The minimum absolute atomic E-state index is 0.275. The van der Waals surface area contributed by atoms with Gasteiger partial charge < -0.3 is 0 Å². The van der Waals surface area contributed by atoms with Crippen LogP contribution in [0.25, 0.3) is 0 Å². The van der Waals surface area contributed by atoms with Crippen molar-refractivity contribution in [1.29, 1.82) is 0 Å². The number of unbranched alkanes of at least 4 members (excludes halogenated alkanes) is 1. The molecule has 0 radical (unpaired) electrons. The highest BCUT2D eigenvalue weighted by atomic mass is 17.2. The highest BCUT2D eigenvalue weighted by Gasteiger charge is 2.19. The first-order valence-electron chi connectivity index (χ1n) is 4.90. The van der Waals surface area contributed by atoms with Crippen molar-refractivity contribution in [2.45, 2.75) is 59.0 Å². The Balaban J connectivity index is 3.57. The van der Waals surface area contributed by atoms with Crippen LogP contribution in [0.3, 0.4) is 0 Å². The molecule has 78 valence electrons. The third-order valence-corrected chi connectivity index (χ3v) is 1.95. The molecule has 0 aromatic heterocycles. The molecule has 0 spiro atoms. The van der Waals surface area contributed by atoms with Crippen LogP contribution in [0.4, 0.5) is 0 Å². The van der Waals surface area contributed by atoms with Gasteiger partial charge in [-0.15, -0.1) is 0 Å². The average Bonchev–Trinajstić information content (AvgIpc) is 2.11. The number of hydrogen-bond donors (Lipinski definition) is 0. The van der Waals surface area contributed by atoms with Gasteiger partial charge in [0.15, 0.2) is 0 Å². The van der Waals surface area contributed by atoms with Crippen LogP contribution >= 0.6 is 0 Å². The van der Waals surface area contributed by atoms with Crippen LogP contribution in [-0.4, -0.2) is 11.6 Å². The average molecular weight is 188 g/mol. The summed E-state index contributed by atoms with van der Waals surface area (Å²) in [5.74, 6) is -0.275. The fourth-order valence-electron chi connectivity index (χ4n) is 0.581. The standard InChI is InChI=1S/C10H20O3/c1-5-7-8-9(11)12-13-10(3,4)6-2/h5-8H2,1-4H3. The molecule has 13 heavy (non-hydrogen) atoms. The monoisotopic (exact) mass is 188 g/mol. The van der Waals surface area contributed by atoms with Gasteiger partial charge >= 0.3 is 5.97 Å². The van der Waals surface area contributed by atoms with Crippen molar-refractivity contribution < 1.29 is 14.6 Å². The van der Waals surface area contributed by atoms with Crippen LogP contribution in [0.15, 0.2) is 0 Å². The van der Waals surface area contributed by atoms with Crippen molar-refractivity contribution in [2.24, 2.45) is 0 Å². The Kier molecular flexibility index (Phi) is 5.71. The topological polar surface area (TPSA) is 35.5 Å². The van der Waals surface area contributed by atoms with Gasteiger partial charge in [0.2, 0.25) is 0 Å². The zero-order chi connectivity index (χ0) is 10.3. The first-order chi connectivity index (χ1) is 6.02. The maximum absolute atomic E-state index is 11.0. The summed E-state index contributed by atoms with van der Waals surface area (Å²) in [7, 11) is 0. The van der Waals surface area contributed by atoms with Crippen molar-refractivity contribution in [1.82, 2.24) is 0 Å². The van der Waals surface area contributed by atoms with Crippen molar-refractivity contribution in [3.8, 4) is 0 Å². The summed E-state index contributed by atoms with van der Waals surface area (Å²) in [6, 6.07) is 0. The van der Waals surface area contributed by atoms with Gasteiger partial charge in [-0.1, -0.05) is 20.3 Å². The second kappa shape index (κ2) is 5.97. The van der Waals surface area contributed by atoms with Crippen LogP contribution in [0.1, 0.15) is 53.4 Å². The van der Waals surface area contributed by atoms with E-state index in [1.807, 2.05) is 27.7 Å². The van der Waals surface area contributed by atoms with Crippen LogP contribution in [-0.2, 0) is 14.6 Å². The lowest BCUT2D eigenvalue weighted by Gasteiger charge is -2.20. The van der Waals surface area contributed by atoms with Crippen LogP contribution in [0, 0.1) is 0 Å². The number of rotatable bonds is 6. The summed E-state index contributed by atoms with van der Waals surface area (Å²) in [4.78, 5) is 20.7. The Morgan fingerprint density at radius 1 is 1.31 bits per heavy atom. The molecule has 0 aliphatic carbocycles. The number of carbonyl (C=O) groups is 1. The molecular weight excluding hydrogens is 168 g/mol. The molecule has 0 atom stereocenters. The second-order valence-corrected chi connectivity index (χ2v) is 3.76. The minimum atomic E-state index is -0.373. The van der Waals surface area contributed by atoms with Crippen molar-refractivity contribution in [3.05, 3.63) is 0 Å². The zero-order valence-electron chi connectivity index (χ0n) is 9.05. The van der Waals surface area contributed by atoms with Gasteiger partial charge in [0.1, 0.15) is 5.60 Å². The number of carbonyl (C=O) groups excluding carboxylic acids is 1. The second-order valence-electron chi connectivity index (χ2n) is 3.76. The fraction of sp³-hybridized carbons (Fsp3) is 0.900. The van der Waals surface area contributed by atoms with Gasteiger partial charge in [0.25, 0.3) is 0 Å². The van der Waals surface area contributed by atoms with Gasteiger partial charge in [-0.25, -0.2) is 4.79 Å². The van der Waals surface area contributed by atoms with Crippen LogP contribution in [0.2, 0.25) is 0 Å². The normalized spacial score (nSPS) is 11.4. The Hall–Kier alpha value is -0.570. The lowest BCUT2D eigenvalue weighted by Crippen LogP contribution is -2.25. The van der Waals surface area contributed by atoms with Gasteiger partial charge in [0, 0.05) is 6.42 Å². The molecule has 3 nitrogen and oxygen atoms in total. The summed E-state index contributed by atoms with van der Waals surface area (Å²) >= 11 is 0. The smallest absolute Gasteiger partial charge is 0.298 e. The van der Waals surface area contributed by atoms with E-state index < -0.39 is 0 Å². The summed E-state index contributed by atoms with van der Waals surface area (Å²) in [6.07, 6.45) is 3.10. The Labute approximate surface area is 80.3 Å². The third-order valence-electron chi connectivity index (χ3n) is 1.95. The van der Waals surface area contributed by atoms with Crippen molar-refractivity contribution in [2.75, 3.05) is 0 Å². The van der Waals surface area contributed by atoms with Gasteiger partial charge in [-0.3, -0.25) is 4.89 Å². The Morgan fingerprint density at radius 2 is 1.92 bits per heavy atom. The molecule has 0 fully saturated rings. The van der Waals surface area contributed by atoms with Crippen LogP contribution in [0.5, 0.6) is 0 Å². The molecule has 0 N–H and O–H groups in total. The molecule has 0 aromatic rings. The maximum Gasteiger partial charge on any atom is 0.342 e. The van der Waals surface area contributed by atoms with Crippen LogP contribution < -0.4 is 0 Å². The zero-order valence-corrected chi connectivity index (χ0v) is 9.05. The molecule has 0 aromatic carbocycles. The van der Waals surface area contributed by atoms with E-state index in [2.05, 4.69) is 4.89 Å². The summed E-state index contributed by atoms with van der Waals surface area (Å²) in [5.41, 5.74) is -0.373. The van der Waals surface area contributed by atoms with E-state index in [1.165, 1.54) is 0 Å². The third kappa shape index (κ3) is 6.58. The molecule has 0 saturated carbocycles. The Bertz CT molecular complexity index is 152. The van der Waals surface area contributed by atoms with Gasteiger partial charge in [-0.2, -0.15) is 4.89 Å². The van der Waals surface area contributed by atoms with E-state index in [0.717, 1.165) is 19.3 Å². The molecule has 0 aliphatic heterocycles. The molecule has 0 unspecified atom stereocenters. The SMILES string of the molecule is CCCCC(=O)OOC(C)(C)CC. The summed E-state index contributed by atoms with van der Waals surface area (Å²) in [6.45, 7) is 7.80. The predicted octanol–water partition coefficient (Wildman–Crippen LogP) is 2.84. The maximum atomic E-state index is 11.0. The van der Waals surface area contributed by atoms with Gasteiger partial charge in [0.05, 0.1) is 0 Å². The largest absolute Gasteiger partial charge is 0.342 e. The van der Waals surface area contributed by atoms with E-state index in [-0.39, 0.29) is 11.6 Å². The molecule has 3 heteroatoms. The van der Waals surface area contributed by atoms with E-state index >= 15 is 0 Å². The molecule has 0 rings (SSSR count). The minimum Gasteiger partial charge on any atom is -0.298 e. The molecular formula is C10H20O3. The molecule has 0 amide bonds. The molecule has 0 bridgehead atoms. The first kappa shape index (κ1) is 12.4. The quantitative estimate of drug-likeness (QED) is 0.475. The van der Waals surface area contributed by atoms with Crippen molar-refractivity contribution in [3.63, 3.8) is 0 Å². The van der Waals surface area contributed by atoms with Crippen molar-refractivity contribution >= 4 is 5.97 Å². The summed E-state index contributed by atoms with van der Waals surface area (Å²) < 4.78 is 0. The van der Waals surface area contributed by atoms with E-state index in [4.69, 9.17) is 4.89 Å². The lowest BCUT2D eigenvalue weighted by molar-refractivity contribution is -0.325. The summed E-state index contributed by atoms with van der Waals surface area (Å²) in [5, 5.41) is 0. The molecule has 0 saturated heterocycles. The Morgan fingerprint density at radius 3 is 2.38 bits per heavy atom.